The van der Waals surface area contributed by atoms with Crippen LogP contribution in [0.5, 0.6) is 0 Å². The summed E-state index contributed by atoms with van der Waals surface area (Å²) in [4.78, 5) is 0. The SMILES string of the molecule is C1=C[N][N]C1. The van der Waals surface area contributed by atoms with Crippen LogP contribution >= 0.6 is 0 Å². The molecule has 1 aliphatic rings. The van der Waals surface area contributed by atoms with Gasteiger partial charge in [0.05, 0.1) is 6.54 Å². The highest BCUT2D eigenvalue weighted by molar-refractivity contribution is 4.84. The average Bonchev–Trinajstić information content (AvgIpc) is 1.76. The van der Waals surface area contributed by atoms with Gasteiger partial charge in [0.2, 0.25) is 0 Å². The largest absolute Gasteiger partial charge is 0.191 e. The smallest absolute Gasteiger partial charge is 0.0580 e. The molecule has 0 amide bonds. The third kappa shape index (κ3) is 0.389. The minimum absolute atomic E-state index is 0.778. The molecule has 0 unspecified atom stereocenters. The van der Waals surface area contributed by atoms with Crippen LogP contribution in [0.3, 0.4) is 0 Å². The van der Waals surface area contributed by atoms with Gasteiger partial charge in [0.25, 0.3) is 0 Å². The zero-order valence-electron chi connectivity index (χ0n) is 2.76. The van der Waals surface area contributed by atoms with Crippen LogP contribution in [0.1, 0.15) is 0 Å². The molecule has 0 spiro atoms. The standard InChI is InChI=1S/C3H4N2/c1-2-4-5-3-1/h1-2H,3H2. The molecular formula is C3H4N2. The summed E-state index contributed by atoms with van der Waals surface area (Å²) in [5, 5.41) is 0. The monoisotopic (exact) mass is 68.0 g/mol. The van der Waals surface area contributed by atoms with E-state index in [1.54, 1.807) is 6.20 Å². The second-order valence-electron chi connectivity index (χ2n) is 0.824. The zero-order chi connectivity index (χ0) is 3.54. The van der Waals surface area contributed by atoms with Crippen LogP contribution < -0.4 is 10.9 Å². The first kappa shape index (κ1) is 2.72. The molecule has 1 heterocycles. The van der Waals surface area contributed by atoms with Gasteiger partial charge in [0.15, 0.2) is 0 Å². The molecule has 0 aromatic carbocycles. The lowest BCUT2D eigenvalue weighted by molar-refractivity contribution is 0.695. The molecule has 5 heavy (non-hydrogen) atoms. The summed E-state index contributed by atoms with van der Waals surface area (Å²) in [6.07, 6.45) is 3.60. The van der Waals surface area contributed by atoms with Crippen molar-refractivity contribution in [1.29, 1.82) is 0 Å². The fraction of sp³-hybridized carbons (Fsp3) is 0.333. The number of hydrogen-bond acceptors (Lipinski definition) is 0. The summed E-state index contributed by atoms with van der Waals surface area (Å²) in [7, 11) is 0. The second-order valence-corrected chi connectivity index (χ2v) is 0.824. The summed E-state index contributed by atoms with van der Waals surface area (Å²) >= 11 is 0. The molecule has 1 rings (SSSR count). The van der Waals surface area contributed by atoms with Crippen molar-refractivity contribution in [3.05, 3.63) is 12.3 Å². The van der Waals surface area contributed by atoms with Gasteiger partial charge in [0.1, 0.15) is 0 Å². The average molecular weight is 68.1 g/mol. The Labute approximate surface area is 30.8 Å². The molecule has 0 aromatic rings. The molecule has 0 fully saturated rings. The minimum atomic E-state index is 0.778. The van der Waals surface area contributed by atoms with E-state index in [1.807, 2.05) is 6.08 Å². The van der Waals surface area contributed by atoms with E-state index in [0.717, 1.165) is 6.54 Å². The summed E-state index contributed by atoms with van der Waals surface area (Å²) < 4.78 is 0. The van der Waals surface area contributed by atoms with Crippen molar-refractivity contribution in [2.24, 2.45) is 0 Å². The Morgan fingerprint density at radius 3 is 2.80 bits per heavy atom. The molecule has 0 aromatic heterocycles. The van der Waals surface area contributed by atoms with E-state index >= 15 is 0 Å². The van der Waals surface area contributed by atoms with E-state index in [0.29, 0.717) is 0 Å². The first-order valence-corrected chi connectivity index (χ1v) is 1.52. The molecule has 0 saturated heterocycles. The van der Waals surface area contributed by atoms with E-state index in [9.17, 15) is 0 Å². The van der Waals surface area contributed by atoms with Crippen molar-refractivity contribution in [2.75, 3.05) is 6.54 Å². The maximum absolute atomic E-state index is 3.60. The predicted molar refractivity (Wildman–Crippen MR) is 18.3 cm³/mol. The number of nitrogens with zero attached hydrogens (tertiary/aromatic N) is 2. The van der Waals surface area contributed by atoms with Gasteiger partial charge in [-0.3, -0.25) is 0 Å². The van der Waals surface area contributed by atoms with Crippen molar-refractivity contribution in [3.8, 4) is 0 Å². The van der Waals surface area contributed by atoms with Crippen LogP contribution in [-0.2, 0) is 0 Å². The lowest BCUT2D eigenvalue weighted by atomic mass is 10.7. The third-order valence-electron chi connectivity index (χ3n) is 0.441. The Morgan fingerprint density at radius 1 is 1.60 bits per heavy atom. The third-order valence-corrected chi connectivity index (χ3v) is 0.441. The van der Waals surface area contributed by atoms with Gasteiger partial charge in [-0.15, -0.1) is 5.43 Å². The highest BCUT2D eigenvalue weighted by Crippen LogP contribution is 1.73. The molecule has 2 radical (unpaired) electrons. The predicted octanol–water partition coefficient (Wildman–Crippen LogP) is -0.363. The maximum atomic E-state index is 3.60. The first-order chi connectivity index (χ1) is 2.50. The lowest BCUT2D eigenvalue weighted by Gasteiger charge is -1.73. The fourth-order valence-corrected chi connectivity index (χ4v) is 0.236. The molecule has 2 heteroatoms. The van der Waals surface area contributed by atoms with E-state index in [2.05, 4.69) is 10.9 Å². The van der Waals surface area contributed by atoms with Crippen LogP contribution in [0, 0.1) is 0 Å². The maximum Gasteiger partial charge on any atom is 0.0580 e. The van der Waals surface area contributed by atoms with Crippen molar-refractivity contribution in [3.63, 3.8) is 0 Å². The van der Waals surface area contributed by atoms with Crippen LogP contribution in [0.4, 0.5) is 0 Å². The number of rotatable bonds is 0. The summed E-state index contributed by atoms with van der Waals surface area (Å²) in [6.45, 7) is 0.778. The van der Waals surface area contributed by atoms with Gasteiger partial charge in [0, 0.05) is 6.20 Å². The molecule has 0 atom stereocenters. The van der Waals surface area contributed by atoms with Crippen LogP contribution in [0.25, 0.3) is 0 Å². The molecule has 1 aliphatic heterocycles. The van der Waals surface area contributed by atoms with Crippen molar-refractivity contribution in [1.82, 2.24) is 10.9 Å². The highest BCUT2D eigenvalue weighted by atomic mass is 15.4. The Balaban J connectivity index is 2.32. The molecular weight excluding hydrogens is 64.0 g/mol. The Kier molecular flexibility index (Phi) is 0.588. The molecule has 26 valence electrons. The first-order valence-electron chi connectivity index (χ1n) is 1.52. The fourth-order valence-electron chi connectivity index (χ4n) is 0.236. The molecule has 0 saturated carbocycles. The normalized spacial score (nSPS) is 19.2. The summed E-state index contributed by atoms with van der Waals surface area (Å²) in [5.41, 5.74) is 7.12. The van der Waals surface area contributed by atoms with Crippen molar-refractivity contribution >= 4 is 0 Å². The van der Waals surface area contributed by atoms with E-state index in [4.69, 9.17) is 0 Å². The second kappa shape index (κ2) is 1.08. The Hall–Kier alpha value is -0.500. The van der Waals surface area contributed by atoms with Gasteiger partial charge >= 0.3 is 0 Å². The van der Waals surface area contributed by atoms with Crippen molar-refractivity contribution in [2.45, 2.75) is 0 Å². The van der Waals surface area contributed by atoms with E-state index in [1.165, 1.54) is 0 Å². The van der Waals surface area contributed by atoms with Crippen molar-refractivity contribution < 1.29 is 0 Å². The summed E-state index contributed by atoms with van der Waals surface area (Å²) in [5.74, 6) is 0. The quantitative estimate of drug-likeness (QED) is 0.371. The minimum Gasteiger partial charge on any atom is -0.191 e. The topological polar surface area (TPSA) is 28.2 Å². The zero-order valence-corrected chi connectivity index (χ0v) is 2.76. The van der Waals surface area contributed by atoms with Gasteiger partial charge in [-0.25, -0.2) is 0 Å². The Morgan fingerprint density at radius 2 is 2.60 bits per heavy atom. The van der Waals surface area contributed by atoms with Gasteiger partial charge < -0.3 is 0 Å². The number of hydrogen-bond donors (Lipinski definition) is 0. The summed E-state index contributed by atoms with van der Waals surface area (Å²) in [6, 6.07) is 0. The molecule has 0 aliphatic carbocycles. The van der Waals surface area contributed by atoms with Gasteiger partial charge in [-0.05, 0) is 6.08 Å². The van der Waals surface area contributed by atoms with Gasteiger partial charge in [-0.1, -0.05) is 0 Å². The van der Waals surface area contributed by atoms with E-state index in [-0.39, 0.29) is 0 Å². The van der Waals surface area contributed by atoms with Crippen LogP contribution in [-0.4, -0.2) is 6.54 Å². The lowest BCUT2D eigenvalue weighted by Crippen LogP contribution is -2.01. The highest BCUT2D eigenvalue weighted by Gasteiger charge is 1.85. The molecule has 0 N–H and O–H groups in total. The van der Waals surface area contributed by atoms with E-state index < -0.39 is 0 Å². The van der Waals surface area contributed by atoms with Crippen LogP contribution in [0.2, 0.25) is 0 Å². The van der Waals surface area contributed by atoms with Crippen LogP contribution in [0.15, 0.2) is 12.3 Å². The van der Waals surface area contributed by atoms with Gasteiger partial charge in [-0.2, -0.15) is 5.43 Å². The molecule has 2 nitrogen and oxygen atoms in total. The Bertz CT molecular complexity index is 42.9. The molecule has 0 bridgehead atoms.